The zero-order valence-electron chi connectivity index (χ0n) is 18.7. The highest BCUT2D eigenvalue weighted by molar-refractivity contribution is 5.02. The Bertz CT molecular complexity index is 660. The summed E-state index contributed by atoms with van der Waals surface area (Å²) in [6, 6.07) is 0. The van der Waals surface area contributed by atoms with E-state index in [1.807, 2.05) is 20.8 Å². The zero-order chi connectivity index (χ0) is 23.9. The van der Waals surface area contributed by atoms with Crippen molar-refractivity contribution in [3.8, 4) is 0 Å². The number of aliphatic hydroxyl groups excluding tert-OH is 5. The summed E-state index contributed by atoms with van der Waals surface area (Å²) in [5.41, 5.74) is -3.11. The van der Waals surface area contributed by atoms with Gasteiger partial charge >= 0.3 is 0 Å². The van der Waals surface area contributed by atoms with Gasteiger partial charge in [0.1, 0.15) is 36.1 Å². The third kappa shape index (κ3) is 5.03. The molecule has 0 saturated carbocycles. The molecule has 0 aromatic rings. The summed E-state index contributed by atoms with van der Waals surface area (Å²) < 4.78 is 28.4. The van der Waals surface area contributed by atoms with Crippen molar-refractivity contribution >= 4 is 0 Å². The summed E-state index contributed by atoms with van der Waals surface area (Å²) in [7, 11) is 0. The van der Waals surface area contributed by atoms with Gasteiger partial charge in [0.25, 0.3) is 0 Å². The molecule has 3 aliphatic rings. The lowest BCUT2D eigenvalue weighted by atomic mass is 9.85. The van der Waals surface area contributed by atoms with Crippen LogP contribution in [-0.4, -0.2) is 116 Å². The maximum atomic E-state index is 10.4. The number of aliphatic hydroxyl groups is 6. The molecular formula is C21H36O11. The molecule has 32 heavy (non-hydrogen) atoms. The molecule has 186 valence electrons. The van der Waals surface area contributed by atoms with Crippen molar-refractivity contribution in [1.82, 2.24) is 0 Å². The van der Waals surface area contributed by atoms with Crippen molar-refractivity contribution in [2.24, 2.45) is 0 Å². The molecule has 3 aliphatic heterocycles. The molecule has 3 rings (SSSR count). The molecule has 3 heterocycles. The molecule has 3 fully saturated rings. The Kier molecular flexibility index (Phi) is 7.70. The van der Waals surface area contributed by atoms with Gasteiger partial charge in [0.05, 0.1) is 37.1 Å². The van der Waals surface area contributed by atoms with Crippen LogP contribution in [0.15, 0.2) is 12.7 Å². The second-order valence-corrected chi connectivity index (χ2v) is 9.62. The fourth-order valence-electron chi connectivity index (χ4n) is 4.31. The van der Waals surface area contributed by atoms with Gasteiger partial charge in [-0.15, -0.1) is 6.58 Å². The first-order valence-electron chi connectivity index (χ1n) is 10.8. The molecule has 0 bridgehead atoms. The van der Waals surface area contributed by atoms with Crippen molar-refractivity contribution < 1.29 is 54.3 Å². The van der Waals surface area contributed by atoms with Crippen molar-refractivity contribution in [3.05, 3.63) is 12.7 Å². The van der Waals surface area contributed by atoms with Crippen molar-refractivity contribution in [1.29, 1.82) is 0 Å². The molecule has 0 aliphatic carbocycles. The van der Waals surface area contributed by atoms with E-state index in [-0.39, 0.29) is 13.2 Å². The van der Waals surface area contributed by atoms with Gasteiger partial charge < -0.3 is 54.3 Å². The number of hydrogen-bond donors (Lipinski definition) is 6. The van der Waals surface area contributed by atoms with Crippen LogP contribution in [0.5, 0.6) is 0 Å². The summed E-state index contributed by atoms with van der Waals surface area (Å²) >= 11 is 0. The number of ether oxygens (including phenoxy) is 5. The first kappa shape index (κ1) is 25.9. The predicted octanol–water partition coefficient (Wildman–Crippen LogP) is -1.83. The normalized spacial score (nSPS) is 49.2. The van der Waals surface area contributed by atoms with E-state index in [1.54, 1.807) is 6.08 Å². The molecule has 11 heteroatoms. The Balaban J connectivity index is 1.62. The van der Waals surface area contributed by atoms with E-state index >= 15 is 0 Å². The van der Waals surface area contributed by atoms with Crippen LogP contribution in [0.3, 0.4) is 0 Å². The smallest absolute Gasteiger partial charge is 0.187 e. The third-order valence-electron chi connectivity index (χ3n) is 6.58. The molecule has 0 aromatic heterocycles. The largest absolute Gasteiger partial charge is 0.393 e. The second-order valence-electron chi connectivity index (χ2n) is 9.62. The van der Waals surface area contributed by atoms with Gasteiger partial charge in [-0.25, -0.2) is 0 Å². The van der Waals surface area contributed by atoms with Gasteiger partial charge in [-0.1, -0.05) is 6.08 Å². The average molecular weight is 465 g/mol. The Morgan fingerprint density at radius 1 is 1.06 bits per heavy atom. The van der Waals surface area contributed by atoms with Crippen molar-refractivity contribution in [2.75, 3.05) is 19.8 Å². The van der Waals surface area contributed by atoms with Crippen LogP contribution in [0.1, 0.15) is 33.6 Å². The quantitative estimate of drug-likeness (QED) is 0.235. The molecule has 10 atom stereocenters. The number of hydrogen-bond acceptors (Lipinski definition) is 11. The lowest BCUT2D eigenvalue weighted by Crippen LogP contribution is -2.62. The molecule has 3 saturated heterocycles. The first-order valence-corrected chi connectivity index (χ1v) is 10.8. The summed E-state index contributed by atoms with van der Waals surface area (Å²) in [6.45, 7) is 8.04. The molecule has 0 radical (unpaired) electrons. The Labute approximate surface area is 187 Å². The van der Waals surface area contributed by atoms with Crippen molar-refractivity contribution in [3.63, 3.8) is 0 Å². The summed E-state index contributed by atoms with van der Waals surface area (Å²) in [4.78, 5) is 0. The van der Waals surface area contributed by atoms with Gasteiger partial charge in [-0.05, 0) is 33.6 Å². The summed E-state index contributed by atoms with van der Waals surface area (Å²) in [5.74, 6) is 0. The van der Waals surface area contributed by atoms with Gasteiger partial charge in [-0.3, -0.25) is 0 Å². The number of rotatable bonds is 7. The fraction of sp³-hybridized carbons (Fsp3) is 0.905. The third-order valence-corrected chi connectivity index (χ3v) is 6.58. The van der Waals surface area contributed by atoms with E-state index in [9.17, 15) is 30.6 Å². The minimum atomic E-state index is -1.86. The van der Waals surface area contributed by atoms with Gasteiger partial charge in [0.15, 0.2) is 12.6 Å². The Hall–Kier alpha value is -0.700. The van der Waals surface area contributed by atoms with Crippen LogP contribution in [-0.2, 0) is 23.7 Å². The maximum absolute atomic E-state index is 10.4. The van der Waals surface area contributed by atoms with E-state index in [4.69, 9.17) is 23.7 Å². The molecule has 6 N–H and O–H groups in total. The van der Waals surface area contributed by atoms with Crippen LogP contribution in [0.25, 0.3) is 0 Å². The van der Waals surface area contributed by atoms with E-state index in [1.165, 1.54) is 0 Å². The van der Waals surface area contributed by atoms with E-state index < -0.39 is 72.6 Å². The Morgan fingerprint density at radius 2 is 1.75 bits per heavy atom. The molecule has 0 unspecified atom stereocenters. The monoisotopic (exact) mass is 464 g/mol. The molecular weight excluding hydrogens is 428 g/mol. The summed E-state index contributed by atoms with van der Waals surface area (Å²) in [5, 5.41) is 60.4. The highest BCUT2D eigenvalue weighted by Gasteiger charge is 2.51. The van der Waals surface area contributed by atoms with Crippen LogP contribution in [0.4, 0.5) is 0 Å². The maximum Gasteiger partial charge on any atom is 0.187 e. The van der Waals surface area contributed by atoms with Crippen LogP contribution in [0, 0.1) is 0 Å². The van der Waals surface area contributed by atoms with Gasteiger partial charge in [0, 0.05) is 0 Å². The van der Waals surface area contributed by atoms with Gasteiger partial charge in [0.2, 0.25) is 0 Å². The van der Waals surface area contributed by atoms with Gasteiger partial charge in [-0.2, -0.15) is 0 Å². The molecule has 0 amide bonds. The van der Waals surface area contributed by atoms with Crippen LogP contribution < -0.4 is 0 Å². The second kappa shape index (κ2) is 9.51. The highest BCUT2D eigenvalue weighted by Crippen LogP contribution is 2.39. The Morgan fingerprint density at radius 3 is 2.31 bits per heavy atom. The predicted molar refractivity (Wildman–Crippen MR) is 108 cm³/mol. The minimum Gasteiger partial charge on any atom is -0.393 e. The topological polar surface area (TPSA) is 168 Å². The SMILES string of the molecule is C=C[C@]1(C)CC[C@@H](O[C@@H]2O[C@H](CO[C@@H]3OC[C@](O)(CO)[C@H]3O)[C@@H](O)[C@H](O)[C@H]2O)C(C)(C)O1. The molecule has 11 nitrogen and oxygen atoms in total. The highest BCUT2D eigenvalue weighted by atomic mass is 16.7. The lowest BCUT2D eigenvalue weighted by molar-refractivity contribution is -0.339. The van der Waals surface area contributed by atoms with Crippen LogP contribution in [0.2, 0.25) is 0 Å². The first-order chi connectivity index (χ1) is 14.9. The summed E-state index contributed by atoms with van der Waals surface area (Å²) in [6.07, 6.45) is -7.28. The molecule has 0 spiro atoms. The van der Waals surface area contributed by atoms with E-state index in [0.717, 1.165) is 0 Å². The minimum absolute atomic E-state index is 0.336. The average Bonchev–Trinajstić information content (AvgIpc) is 3.03. The molecule has 0 aromatic carbocycles. The lowest BCUT2D eigenvalue weighted by Gasteiger charge is -2.49. The fourth-order valence-corrected chi connectivity index (χ4v) is 4.31. The van der Waals surface area contributed by atoms with Crippen molar-refractivity contribution in [2.45, 2.75) is 99.6 Å². The van der Waals surface area contributed by atoms with E-state index in [2.05, 4.69) is 6.58 Å². The zero-order valence-corrected chi connectivity index (χ0v) is 18.7. The van der Waals surface area contributed by atoms with E-state index in [0.29, 0.717) is 12.8 Å². The van der Waals surface area contributed by atoms with Crippen LogP contribution >= 0.6 is 0 Å². The standard InChI is InChI=1S/C21H36O11/c1-5-20(4)7-6-12(19(2,3)32-20)31-17-15(25)14(24)13(23)11(30-17)8-28-18-16(26)21(27,9-22)10-29-18/h5,11-18,22-27H,1,6-10H2,2-4H3/t11-,12-,13-,14+,15-,16+,17+,18-,20-,21-/m1/s1.